The van der Waals surface area contributed by atoms with Gasteiger partial charge >= 0.3 is 0 Å². The average Bonchev–Trinajstić information content (AvgIpc) is 3.48. The third-order valence-corrected chi connectivity index (χ3v) is 6.61. The number of hydrogen-bond donors (Lipinski definition) is 2. The molecular weight excluding hydrogens is 377 g/mol. The molecule has 0 spiro atoms. The molecule has 0 saturated heterocycles. The summed E-state index contributed by atoms with van der Waals surface area (Å²) < 4.78 is 28.4. The molecule has 3 rings (SSSR count). The van der Waals surface area contributed by atoms with E-state index in [1.165, 1.54) is 11.8 Å². The maximum atomic E-state index is 13.5. The second kappa shape index (κ2) is 10.1. The quantitative estimate of drug-likeness (QED) is 0.577. The first-order valence-corrected chi connectivity index (χ1v) is 10.8. The Morgan fingerprint density at radius 3 is 2.61 bits per heavy atom. The van der Waals surface area contributed by atoms with Gasteiger partial charge in [0.15, 0.2) is 0 Å². The van der Waals surface area contributed by atoms with Crippen molar-refractivity contribution >= 4 is 22.9 Å². The molecule has 154 valence electrons. The van der Waals surface area contributed by atoms with Gasteiger partial charge < -0.3 is 16.2 Å². The molecule has 0 aromatic heterocycles. The molecule has 1 aromatic carbocycles. The second-order valence-electron chi connectivity index (χ2n) is 7.17. The molecule has 0 heterocycles. The zero-order valence-corrected chi connectivity index (χ0v) is 17.3. The van der Waals surface area contributed by atoms with Crippen LogP contribution in [0.5, 0.6) is 0 Å². The number of halogens is 1. The molecule has 5 nitrogen and oxygen atoms in total. The van der Waals surface area contributed by atoms with Crippen LogP contribution < -0.4 is 5.32 Å². The van der Waals surface area contributed by atoms with Crippen molar-refractivity contribution in [1.82, 2.24) is 4.31 Å². The van der Waals surface area contributed by atoms with Crippen molar-refractivity contribution in [3.63, 3.8) is 0 Å². The predicted octanol–water partition coefficient (Wildman–Crippen LogP) is 3.85. The van der Waals surface area contributed by atoms with Crippen molar-refractivity contribution in [3.8, 4) is 0 Å². The molecule has 0 aliphatic heterocycles. The van der Waals surface area contributed by atoms with Crippen LogP contribution in [-0.4, -0.2) is 39.8 Å². The highest BCUT2D eigenvalue weighted by molar-refractivity contribution is 7.82. The van der Waals surface area contributed by atoms with Crippen molar-refractivity contribution < 1.29 is 14.1 Å². The van der Waals surface area contributed by atoms with E-state index in [1.807, 2.05) is 28.6 Å². The standard InChI is InChI=1S/C21H28FN3OS.H2O/c1-3-9-25(10-4-2)27(26)17-6-8-21(16(11-17)13-23)24-14-15-5-7-20(22)19-12-18(15)19;/h5-8,11,13,18-19,23-24H,3-4,9-10,12,14H2,1-2H3;1H2. The SMILES string of the molecule is CCCN(CCC)S(=O)c1ccc(NCC2=CC=C(F)C3CC23)c(C=N)c1.O. The summed E-state index contributed by atoms with van der Waals surface area (Å²) in [5, 5.41) is 11.1. The molecule has 2 aliphatic carbocycles. The van der Waals surface area contributed by atoms with Gasteiger partial charge in [-0.05, 0) is 55.0 Å². The van der Waals surface area contributed by atoms with Crippen LogP contribution in [0, 0.1) is 17.2 Å². The number of fused-ring (bicyclic) bond motifs is 1. The Morgan fingerprint density at radius 1 is 1.25 bits per heavy atom. The lowest BCUT2D eigenvalue weighted by atomic mass is 10.0. The number of allylic oxidation sites excluding steroid dienone is 3. The van der Waals surface area contributed by atoms with Crippen molar-refractivity contribution in [2.75, 3.05) is 25.0 Å². The number of rotatable bonds is 10. The predicted molar refractivity (Wildman–Crippen MR) is 114 cm³/mol. The Morgan fingerprint density at radius 2 is 1.96 bits per heavy atom. The molecule has 7 heteroatoms. The minimum Gasteiger partial charge on any atom is -0.412 e. The zero-order valence-electron chi connectivity index (χ0n) is 16.5. The highest BCUT2D eigenvalue weighted by Gasteiger charge is 2.44. The van der Waals surface area contributed by atoms with Gasteiger partial charge in [0.05, 0.1) is 4.90 Å². The zero-order chi connectivity index (χ0) is 19.4. The third kappa shape index (κ3) is 4.96. The lowest BCUT2D eigenvalue weighted by molar-refractivity contribution is 0.442. The summed E-state index contributed by atoms with van der Waals surface area (Å²) in [4.78, 5) is 0.727. The van der Waals surface area contributed by atoms with Gasteiger partial charge in [0, 0.05) is 43.0 Å². The monoisotopic (exact) mass is 407 g/mol. The van der Waals surface area contributed by atoms with Crippen LogP contribution in [0.1, 0.15) is 38.7 Å². The molecule has 1 fully saturated rings. The summed E-state index contributed by atoms with van der Waals surface area (Å²) in [6.07, 6.45) is 7.55. The van der Waals surface area contributed by atoms with Gasteiger partial charge in [-0.2, -0.15) is 0 Å². The first kappa shape index (κ1) is 22.5. The normalized spacial score (nSPS) is 21.1. The van der Waals surface area contributed by atoms with Crippen LogP contribution in [0.15, 0.2) is 46.6 Å². The minimum atomic E-state index is -1.21. The van der Waals surface area contributed by atoms with E-state index in [0.717, 1.165) is 48.5 Å². The number of hydrogen-bond acceptors (Lipinski definition) is 3. The Balaban J connectivity index is 0.00000280. The molecule has 0 amide bonds. The number of anilines is 1. The van der Waals surface area contributed by atoms with Gasteiger partial charge in [-0.1, -0.05) is 19.9 Å². The summed E-state index contributed by atoms with van der Waals surface area (Å²) >= 11 is 0. The molecule has 3 atom stereocenters. The lowest BCUT2D eigenvalue weighted by Crippen LogP contribution is -2.28. The fraction of sp³-hybridized carbons (Fsp3) is 0.476. The fourth-order valence-corrected chi connectivity index (χ4v) is 4.99. The average molecular weight is 408 g/mol. The van der Waals surface area contributed by atoms with E-state index in [9.17, 15) is 8.60 Å². The maximum Gasteiger partial charge on any atom is 0.127 e. The molecule has 4 N–H and O–H groups in total. The van der Waals surface area contributed by atoms with E-state index in [4.69, 9.17) is 5.41 Å². The van der Waals surface area contributed by atoms with Crippen LogP contribution in [0.3, 0.4) is 0 Å². The smallest absolute Gasteiger partial charge is 0.127 e. The van der Waals surface area contributed by atoms with Crippen LogP contribution in [-0.2, 0) is 11.0 Å². The molecule has 1 aromatic rings. The number of nitrogens with one attached hydrogen (secondary N) is 2. The Bertz CT molecular complexity index is 788. The van der Waals surface area contributed by atoms with Crippen molar-refractivity contribution in [3.05, 3.63) is 47.3 Å². The lowest BCUT2D eigenvalue weighted by Gasteiger charge is -2.20. The third-order valence-electron chi connectivity index (χ3n) is 5.12. The number of nitrogens with zero attached hydrogens (tertiary/aromatic N) is 1. The molecule has 0 radical (unpaired) electrons. The molecule has 0 bridgehead atoms. The van der Waals surface area contributed by atoms with E-state index in [2.05, 4.69) is 19.2 Å². The van der Waals surface area contributed by atoms with Crippen molar-refractivity contribution in [2.24, 2.45) is 11.8 Å². The maximum absolute atomic E-state index is 13.5. The topological polar surface area (TPSA) is 87.7 Å². The highest BCUT2D eigenvalue weighted by Crippen LogP contribution is 2.51. The molecular formula is C21H30FN3O2S. The van der Waals surface area contributed by atoms with Crippen LogP contribution in [0.2, 0.25) is 0 Å². The fourth-order valence-electron chi connectivity index (χ4n) is 3.59. The largest absolute Gasteiger partial charge is 0.412 e. The van der Waals surface area contributed by atoms with E-state index < -0.39 is 11.0 Å². The van der Waals surface area contributed by atoms with Crippen LogP contribution in [0.25, 0.3) is 0 Å². The minimum absolute atomic E-state index is 0. The van der Waals surface area contributed by atoms with Crippen LogP contribution in [0.4, 0.5) is 10.1 Å². The Kier molecular flexibility index (Phi) is 8.10. The molecule has 3 unspecified atom stereocenters. The van der Waals surface area contributed by atoms with Gasteiger partial charge in [0.2, 0.25) is 0 Å². The molecule has 28 heavy (non-hydrogen) atoms. The summed E-state index contributed by atoms with van der Waals surface area (Å²) in [5.41, 5.74) is 2.78. The Hall–Kier alpha value is -1.83. The van der Waals surface area contributed by atoms with E-state index in [0.29, 0.717) is 12.5 Å². The molecule has 2 aliphatic rings. The van der Waals surface area contributed by atoms with Crippen molar-refractivity contribution in [2.45, 2.75) is 38.0 Å². The van der Waals surface area contributed by atoms with Gasteiger partial charge in [-0.25, -0.2) is 12.9 Å². The number of benzene rings is 1. The summed E-state index contributed by atoms with van der Waals surface area (Å²) in [5.74, 6) is 0.413. The van der Waals surface area contributed by atoms with Gasteiger partial charge in [0.1, 0.15) is 16.8 Å². The summed E-state index contributed by atoms with van der Waals surface area (Å²) in [7, 11) is -1.21. The van der Waals surface area contributed by atoms with E-state index >= 15 is 0 Å². The van der Waals surface area contributed by atoms with Crippen LogP contribution >= 0.6 is 0 Å². The van der Waals surface area contributed by atoms with Gasteiger partial charge in [-0.15, -0.1) is 0 Å². The first-order valence-electron chi connectivity index (χ1n) is 9.70. The van der Waals surface area contributed by atoms with E-state index in [1.54, 1.807) is 6.08 Å². The molecule has 1 saturated carbocycles. The summed E-state index contributed by atoms with van der Waals surface area (Å²) in [6, 6.07) is 5.60. The van der Waals surface area contributed by atoms with Crippen molar-refractivity contribution in [1.29, 1.82) is 5.41 Å². The van der Waals surface area contributed by atoms with Gasteiger partial charge in [0.25, 0.3) is 0 Å². The first-order chi connectivity index (χ1) is 13.1. The Labute approximate surface area is 169 Å². The highest BCUT2D eigenvalue weighted by atomic mass is 32.2. The van der Waals surface area contributed by atoms with E-state index in [-0.39, 0.29) is 17.2 Å². The van der Waals surface area contributed by atoms with Gasteiger partial charge in [-0.3, -0.25) is 0 Å². The second-order valence-corrected chi connectivity index (χ2v) is 8.65. The summed E-state index contributed by atoms with van der Waals surface area (Å²) in [6.45, 7) is 6.40.